The topological polar surface area (TPSA) is 49.3 Å². The van der Waals surface area contributed by atoms with Gasteiger partial charge in [0.25, 0.3) is 0 Å². The maximum Gasteiger partial charge on any atom is 0.320 e. The number of hydrogen-bond acceptors (Lipinski definition) is 2. The molecule has 0 aliphatic carbocycles. The van der Waals surface area contributed by atoms with Gasteiger partial charge in [-0.1, -0.05) is 0 Å². The molecule has 0 saturated carbocycles. The van der Waals surface area contributed by atoms with Crippen molar-refractivity contribution in [1.82, 2.24) is 5.32 Å². The first-order valence-corrected chi connectivity index (χ1v) is 1.83. The van der Waals surface area contributed by atoms with E-state index in [1.807, 2.05) is 5.32 Å². The van der Waals surface area contributed by atoms with Gasteiger partial charge in [0.2, 0.25) is 0 Å². The molecule has 0 amide bonds. The second-order valence-electron chi connectivity index (χ2n) is 1.20. The van der Waals surface area contributed by atoms with E-state index in [0.717, 1.165) is 0 Å². The molecule has 0 fully saturated rings. The molecule has 0 bridgehead atoms. The predicted octanol–water partition coefficient (Wildman–Crippen LogP) is 0.101. The quantitative estimate of drug-likeness (QED) is 0.575. The highest BCUT2D eigenvalue weighted by Crippen LogP contribution is 1.74. The highest BCUT2D eigenvalue weighted by Gasteiger charge is 2.04. The normalized spacial score (nSPS) is 18.9. The molecule has 0 aliphatic heterocycles. The van der Waals surface area contributed by atoms with Crippen LogP contribution in [0.4, 0.5) is 0 Å². The lowest BCUT2D eigenvalue weighted by Crippen LogP contribution is -2.29. The highest BCUT2D eigenvalue weighted by atomic mass is 35.5. The number of aliphatic carboxylic acids is 1. The second kappa shape index (κ2) is 4.87. The van der Waals surface area contributed by atoms with Gasteiger partial charge in [0.15, 0.2) is 0 Å². The number of hydrogen-bond donors (Lipinski definition) is 2. The molecule has 0 radical (unpaired) electrons. The Bertz CT molecular complexity index is 138. The molecule has 1 unspecified atom stereocenters. The first kappa shape index (κ1) is 4.58. The molecule has 1 atom stereocenters. The Hall–Kier alpha value is -0.280. The lowest BCUT2D eigenvalue weighted by atomic mass is 10.4. The Balaban J connectivity index is 0. The Morgan fingerprint density at radius 2 is 2.50 bits per heavy atom. The Labute approximate surface area is 58.7 Å². The van der Waals surface area contributed by atoms with Crippen LogP contribution in [0.1, 0.15) is 11.0 Å². The van der Waals surface area contributed by atoms with E-state index in [2.05, 4.69) is 0 Å². The van der Waals surface area contributed by atoms with Crippen LogP contribution in [0.5, 0.6) is 0 Å². The molecule has 0 aromatic rings. The highest BCUT2D eigenvalue weighted by molar-refractivity contribution is 5.85. The first-order valence-electron chi connectivity index (χ1n) is 3.33. The summed E-state index contributed by atoms with van der Waals surface area (Å²) in [5.74, 6) is -1.17. The molecule has 2 N–H and O–H groups in total. The summed E-state index contributed by atoms with van der Waals surface area (Å²) in [6.45, 7) is -1.10. The minimum atomic E-state index is -2.38. The number of carbonyl (C=O) groups is 1. The monoisotopic (exact) mass is 142 g/mol. The lowest BCUT2D eigenvalue weighted by Gasteiger charge is -1.99. The zero-order chi connectivity index (χ0) is 8.36. The molecule has 0 rings (SSSR count). The van der Waals surface area contributed by atoms with E-state index in [-0.39, 0.29) is 12.4 Å². The van der Waals surface area contributed by atoms with Crippen molar-refractivity contribution in [3.05, 3.63) is 0 Å². The predicted molar refractivity (Wildman–Crippen MR) is 33.4 cm³/mol. The molecule has 0 aromatic heterocycles. The summed E-state index contributed by atoms with van der Waals surface area (Å²) in [7, 11) is 0. The maximum atomic E-state index is 10.1. The van der Waals surface area contributed by atoms with Crippen LogP contribution in [0.2, 0.25) is 0 Å². The van der Waals surface area contributed by atoms with E-state index >= 15 is 0 Å². The van der Waals surface area contributed by atoms with Crippen LogP contribution in [0.25, 0.3) is 0 Å². The van der Waals surface area contributed by atoms with Crippen molar-refractivity contribution in [2.24, 2.45) is 0 Å². The number of likely N-dealkylation sites (N-methyl/N-ethyl adjacent to an activating group) is 1. The Morgan fingerprint density at radius 3 is 2.62 bits per heavy atom. The van der Waals surface area contributed by atoms with Crippen LogP contribution in [0.3, 0.4) is 0 Å². The Kier molecular flexibility index (Phi) is 2.79. The SMILES string of the molecule is Cl.[2H]C([2H])([2H])NC(C)C(=O)O. The molecule has 0 spiro atoms. The standard InChI is InChI=1S/C4H9NO2.ClH/c1-3(5-2)4(6)7;/h3,5H,1-2H3,(H,6,7);1H/i2D3;. The van der Waals surface area contributed by atoms with Crippen molar-refractivity contribution < 1.29 is 14.0 Å². The van der Waals surface area contributed by atoms with Gasteiger partial charge in [0.05, 0.1) is 0 Å². The van der Waals surface area contributed by atoms with Gasteiger partial charge in [-0.15, -0.1) is 12.4 Å². The lowest BCUT2D eigenvalue weighted by molar-refractivity contribution is -0.138. The zero-order valence-electron chi connectivity index (χ0n) is 7.34. The fourth-order valence-electron chi connectivity index (χ4n) is 0.0617. The number of carboxylic acids is 1. The third-order valence-corrected chi connectivity index (χ3v) is 0.587. The van der Waals surface area contributed by atoms with E-state index in [4.69, 9.17) is 9.22 Å². The third kappa shape index (κ3) is 3.89. The van der Waals surface area contributed by atoms with Gasteiger partial charge in [-0.25, -0.2) is 0 Å². The molecule has 50 valence electrons. The number of rotatable bonds is 2. The van der Waals surface area contributed by atoms with Crippen LogP contribution in [-0.4, -0.2) is 24.1 Å². The summed E-state index contributed by atoms with van der Waals surface area (Å²) in [6, 6.07) is -1.03. The van der Waals surface area contributed by atoms with E-state index in [1.165, 1.54) is 6.92 Å². The molecule has 8 heavy (non-hydrogen) atoms. The fraction of sp³-hybridized carbons (Fsp3) is 0.750. The van der Waals surface area contributed by atoms with Gasteiger partial charge in [0.1, 0.15) is 6.04 Å². The summed E-state index contributed by atoms with van der Waals surface area (Å²) < 4.78 is 19.8. The van der Waals surface area contributed by atoms with Crippen molar-refractivity contribution in [3.8, 4) is 0 Å². The van der Waals surface area contributed by atoms with E-state index in [1.54, 1.807) is 0 Å². The maximum absolute atomic E-state index is 10.1. The first-order chi connectivity index (χ1) is 4.33. The molecule has 0 aromatic carbocycles. The molecule has 0 aliphatic rings. The number of nitrogens with one attached hydrogen (secondary N) is 1. The molecule has 4 heteroatoms. The average molecular weight is 143 g/mol. The minimum Gasteiger partial charge on any atom is -0.480 e. The summed E-state index contributed by atoms with van der Waals surface area (Å²) in [4.78, 5) is 10.1. The van der Waals surface area contributed by atoms with Crippen LogP contribution in [0.15, 0.2) is 0 Å². The number of halogens is 1. The zero-order valence-corrected chi connectivity index (χ0v) is 5.16. The molecular weight excluding hydrogens is 130 g/mol. The van der Waals surface area contributed by atoms with Gasteiger partial charge >= 0.3 is 5.97 Å². The van der Waals surface area contributed by atoms with Crippen LogP contribution >= 0.6 is 12.4 Å². The summed E-state index contributed by atoms with van der Waals surface area (Å²) in [5.41, 5.74) is 0. The molecule has 0 heterocycles. The van der Waals surface area contributed by atoms with Crippen molar-refractivity contribution in [2.75, 3.05) is 6.98 Å². The largest absolute Gasteiger partial charge is 0.480 e. The number of carboxylic acid groups (broad SMARTS) is 1. The van der Waals surface area contributed by atoms with E-state index in [9.17, 15) is 4.79 Å². The summed E-state index contributed by atoms with van der Waals surface area (Å²) >= 11 is 0. The van der Waals surface area contributed by atoms with E-state index in [0.29, 0.717) is 0 Å². The van der Waals surface area contributed by atoms with Gasteiger partial charge in [-0.3, -0.25) is 4.79 Å². The van der Waals surface area contributed by atoms with Crippen LogP contribution in [0, 0.1) is 0 Å². The molecule has 3 nitrogen and oxygen atoms in total. The summed E-state index contributed by atoms with van der Waals surface area (Å²) in [5, 5.41) is 10.2. The van der Waals surface area contributed by atoms with Gasteiger partial charge < -0.3 is 10.4 Å². The minimum absolute atomic E-state index is 0. The van der Waals surface area contributed by atoms with Crippen molar-refractivity contribution in [2.45, 2.75) is 13.0 Å². The van der Waals surface area contributed by atoms with Gasteiger partial charge in [-0.2, -0.15) is 0 Å². The summed E-state index contributed by atoms with van der Waals surface area (Å²) in [6.07, 6.45) is 0. The second-order valence-corrected chi connectivity index (χ2v) is 1.20. The van der Waals surface area contributed by atoms with E-state index < -0.39 is 19.0 Å². The van der Waals surface area contributed by atoms with Crippen molar-refractivity contribution in [3.63, 3.8) is 0 Å². The Morgan fingerprint density at radius 1 is 2.00 bits per heavy atom. The molecule has 0 saturated heterocycles. The fourth-order valence-corrected chi connectivity index (χ4v) is 0.0617. The van der Waals surface area contributed by atoms with Crippen LogP contribution in [-0.2, 0) is 4.79 Å². The third-order valence-electron chi connectivity index (χ3n) is 0.587. The average Bonchev–Trinajstić information content (AvgIpc) is 1.60. The van der Waals surface area contributed by atoms with Crippen molar-refractivity contribution >= 4 is 18.4 Å². The van der Waals surface area contributed by atoms with Gasteiger partial charge in [-0.05, 0) is 13.9 Å². The smallest absolute Gasteiger partial charge is 0.320 e. The van der Waals surface area contributed by atoms with Crippen LogP contribution < -0.4 is 5.32 Å². The van der Waals surface area contributed by atoms with Crippen molar-refractivity contribution in [1.29, 1.82) is 0 Å². The molecular formula is C4H10ClNO2. The van der Waals surface area contributed by atoms with Gasteiger partial charge in [0, 0.05) is 4.11 Å².